The Labute approximate surface area is 103 Å². The SMILES string of the molecule is COC(=O)CCn1cc(C)nc1SCC(=O)O. The number of methoxy groups -OCH3 is 1. The van der Waals surface area contributed by atoms with Gasteiger partial charge in [-0.3, -0.25) is 9.59 Å². The third-order valence-electron chi connectivity index (χ3n) is 1.97. The molecule has 17 heavy (non-hydrogen) atoms. The molecule has 0 aliphatic carbocycles. The number of carboxylic acid groups (broad SMARTS) is 1. The number of imidazole rings is 1. The summed E-state index contributed by atoms with van der Waals surface area (Å²) in [6.07, 6.45) is 2.03. The number of esters is 1. The first-order chi connectivity index (χ1) is 8.02. The fourth-order valence-corrected chi connectivity index (χ4v) is 2.01. The smallest absolute Gasteiger partial charge is 0.313 e. The summed E-state index contributed by atoms with van der Waals surface area (Å²) in [5.41, 5.74) is 0.794. The molecule has 1 aromatic rings. The summed E-state index contributed by atoms with van der Waals surface area (Å²) >= 11 is 1.14. The quantitative estimate of drug-likeness (QED) is 0.604. The molecule has 0 aromatic carbocycles. The summed E-state index contributed by atoms with van der Waals surface area (Å²) in [5.74, 6) is -1.24. The Morgan fingerprint density at radius 3 is 2.88 bits per heavy atom. The Morgan fingerprint density at radius 2 is 2.29 bits per heavy atom. The number of carbonyl (C=O) groups is 2. The van der Waals surface area contributed by atoms with Gasteiger partial charge in [-0.2, -0.15) is 0 Å². The van der Waals surface area contributed by atoms with Crippen molar-refractivity contribution in [2.75, 3.05) is 12.9 Å². The second kappa shape index (κ2) is 6.29. The van der Waals surface area contributed by atoms with Gasteiger partial charge in [0.15, 0.2) is 5.16 Å². The molecular formula is C10H14N2O4S. The highest BCUT2D eigenvalue weighted by atomic mass is 32.2. The molecule has 0 aliphatic rings. The van der Waals surface area contributed by atoms with E-state index in [1.807, 2.05) is 6.92 Å². The average molecular weight is 258 g/mol. The zero-order chi connectivity index (χ0) is 12.8. The first-order valence-corrected chi connectivity index (χ1v) is 5.96. The number of hydrogen-bond acceptors (Lipinski definition) is 5. The molecule has 1 rings (SSSR count). The molecule has 94 valence electrons. The maximum atomic E-state index is 11.0. The van der Waals surface area contributed by atoms with Gasteiger partial charge in [-0.05, 0) is 6.92 Å². The first-order valence-electron chi connectivity index (χ1n) is 4.98. The summed E-state index contributed by atoms with van der Waals surface area (Å²) in [6.45, 7) is 2.26. The monoisotopic (exact) mass is 258 g/mol. The van der Waals surface area contributed by atoms with Crippen molar-refractivity contribution in [3.63, 3.8) is 0 Å². The molecule has 0 bridgehead atoms. The average Bonchev–Trinajstić information content (AvgIpc) is 2.63. The lowest BCUT2D eigenvalue weighted by Crippen LogP contribution is -2.08. The molecule has 1 aromatic heterocycles. The Bertz CT molecular complexity index is 416. The first kappa shape index (κ1) is 13.6. The highest BCUT2D eigenvalue weighted by molar-refractivity contribution is 7.99. The summed E-state index contributed by atoms with van der Waals surface area (Å²) in [7, 11) is 1.33. The standard InChI is InChI=1S/C10H14N2O4S/c1-7-5-12(4-3-9(15)16-2)10(11-7)17-6-8(13)14/h5H,3-4,6H2,1-2H3,(H,13,14). The number of aryl methyl sites for hydroxylation is 2. The van der Waals surface area contributed by atoms with Crippen molar-refractivity contribution in [3.05, 3.63) is 11.9 Å². The molecule has 0 unspecified atom stereocenters. The van der Waals surface area contributed by atoms with Gasteiger partial charge >= 0.3 is 11.9 Å². The van der Waals surface area contributed by atoms with Crippen molar-refractivity contribution < 1.29 is 19.4 Å². The number of aliphatic carboxylic acids is 1. The molecule has 7 heteroatoms. The normalized spacial score (nSPS) is 10.2. The third kappa shape index (κ3) is 4.48. The van der Waals surface area contributed by atoms with E-state index in [9.17, 15) is 9.59 Å². The van der Waals surface area contributed by atoms with Crippen LogP contribution in [0.15, 0.2) is 11.4 Å². The third-order valence-corrected chi connectivity index (χ3v) is 2.94. The molecule has 1 heterocycles. The Balaban J connectivity index is 2.63. The molecule has 0 aliphatic heterocycles. The number of thioether (sulfide) groups is 1. The molecular weight excluding hydrogens is 244 g/mol. The van der Waals surface area contributed by atoms with Crippen LogP contribution in [0.2, 0.25) is 0 Å². The van der Waals surface area contributed by atoms with E-state index >= 15 is 0 Å². The molecule has 0 radical (unpaired) electrons. The van der Waals surface area contributed by atoms with E-state index in [0.717, 1.165) is 17.5 Å². The lowest BCUT2D eigenvalue weighted by molar-refractivity contribution is -0.141. The van der Waals surface area contributed by atoms with Gasteiger partial charge in [-0.25, -0.2) is 4.98 Å². The van der Waals surface area contributed by atoms with Gasteiger partial charge in [0, 0.05) is 12.7 Å². The van der Waals surface area contributed by atoms with E-state index in [2.05, 4.69) is 9.72 Å². The molecule has 0 fully saturated rings. The van der Waals surface area contributed by atoms with Gasteiger partial charge in [0.05, 0.1) is 25.0 Å². The van der Waals surface area contributed by atoms with Crippen molar-refractivity contribution in [2.24, 2.45) is 0 Å². The van der Waals surface area contributed by atoms with Gasteiger partial charge in [0.1, 0.15) is 0 Å². The number of carboxylic acids is 1. The molecule has 0 spiro atoms. The van der Waals surface area contributed by atoms with E-state index in [0.29, 0.717) is 11.7 Å². The van der Waals surface area contributed by atoms with Crippen LogP contribution in [-0.2, 0) is 20.9 Å². The second-order valence-electron chi connectivity index (χ2n) is 3.37. The number of aromatic nitrogens is 2. The number of ether oxygens (including phenoxy) is 1. The second-order valence-corrected chi connectivity index (χ2v) is 4.31. The van der Waals surface area contributed by atoms with Crippen LogP contribution in [0, 0.1) is 6.92 Å². The molecule has 0 saturated carbocycles. The minimum atomic E-state index is -0.893. The maximum Gasteiger partial charge on any atom is 0.313 e. The van der Waals surface area contributed by atoms with Crippen molar-refractivity contribution in [1.82, 2.24) is 9.55 Å². The van der Waals surface area contributed by atoms with E-state index in [1.54, 1.807) is 10.8 Å². The number of carbonyl (C=O) groups excluding carboxylic acids is 1. The van der Waals surface area contributed by atoms with Crippen LogP contribution in [0.4, 0.5) is 0 Å². The Morgan fingerprint density at radius 1 is 1.59 bits per heavy atom. The van der Waals surface area contributed by atoms with E-state index in [4.69, 9.17) is 5.11 Å². The van der Waals surface area contributed by atoms with Crippen molar-refractivity contribution in [1.29, 1.82) is 0 Å². The summed E-state index contributed by atoms with van der Waals surface area (Å²) < 4.78 is 6.31. The predicted molar refractivity (Wildman–Crippen MR) is 62.0 cm³/mol. The van der Waals surface area contributed by atoms with E-state index < -0.39 is 5.97 Å². The van der Waals surface area contributed by atoms with Crippen LogP contribution in [0.3, 0.4) is 0 Å². The number of rotatable bonds is 6. The minimum absolute atomic E-state index is 0.0469. The Kier molecular flexibility index (Phi) is 5.02. The lowest BCUT2D eigenvalue weighted by Gasteiger charge is -2.05. The van der Waals surface area contributed by atoms with E-state index in [1.165, 1.54) is 7.11 Å². The summed E-state index contributed by atoms with van der Waals surface area (Å²) in [4.78, 5) is 25.7. The largest absolute Gasteiger partial charge is 0.481 e. The van der Waals surface area contributed by atoms with Gasteiger partial charge < -0.3 is 14.4 Å². The lowest BCUT2D eigenvalue weighted by atomic mass is 10.4. The van der Waals surface area contributed by atoms with Crippen molar-refractivity contribution in [3.8, 4) is 0 Å². The minimum Gasteiger partial charge on any atom is -0.481 e. The highest BCUT2D eigenvalue weighted by Gasteiger charge is 2.10. The topological polar surface area (TPSA) is 81.4 Å². The molecule has 0 atom stereocenters. The van der Waals surface area contributed by atoms with Crippen LogP contribution >= 0.6 is 11.8 Å². The van der Waals surface area contributed by atoms with Crippen LogP contribution in [0.5, 0.6) is 0 Å². The summed E-state index contributed by atoms with van der Waals surface area (Å²) in [6, 6.07) is 0. The fourth-order valence-electron chi connectivity index (χ4n) is 1.24. The van der Waals surface area contributed by atoms with Gasteiger partial charge in [0.2, 0.25) is 0 Å². The van der Waals surface area contributed by atoms with Crippen molar-refractivity contribution >= 4 is 23.7 Å². The zero-order valence-corrected chi connectivity index (χ0v) is 10.5. The number of hydrogen-bond donors (Lipinski definition) is 1. The van der Waals surface area contributed by atoms with Crippen molar-refractivity contribution in [2.45, 2.75) is 25.0 Å². The molecule has 0 saturated heterocycles. The molecule has 0 amide bonds. The molecule has 6 nitrogen and oxygen atoms in total. The fraction of sp³-hybridized carbons (Fsp3) is 0.500. The Hall–Kier alpha value is -1.50. The zero-order valence-electron chi connectivity index (χ0n) is 9.67. The number of nitrogens with zero attached hydrogens (tertiary/aromatic N) is 2. The predicted octanol–water partition coefficient (Wildman–Crippen LogP) is 0.931. The molecule has 1 N–H and O–H groups in total. The highest BCUT2D eigenvalue weighted by Crippen LogP contribution is 2.17. The summed E-state index contributed by atoms with van der Waals surface area (Å²) in [5, 5.41) is 9.20. The van der Waals surface area contributed by atoms with Crippen LogP contribution in [-0.4, -0.2) is 39.5 Å². The van der Waals surface area contributed by atoms with Gasteiger partial charge in [-0.1, -0.05) is 11.8 Å². The maximum absolute atomic E-state index is 11.0. The van der Waals surface area contributed by atoms with Gasteiger partial charge in [0.25, 0.3) is 0 Å². The van der Waals surface area contributed by atoms with Gasteiger partial charge in [-0.15, -0.1) is 0 Å². The van der Waals surface area contributed by atoms with Crippen LogP contribution in [0.1, 0.15) is 12.1 Å². The van der Waals surface area contributed by atoms with E-state index in [-0.39, 0.29) is 18.1 Å². The van der Waals surface area contributed by atoms with Crippen LogP contribution in [0.25, 0.3) is 0 Å². The van der Waals surface area contributed by atoms with Crippen LogP contribution < -0.4 is 0 Å².